The van der Waals surface area contributed by atoms with E-state index in [2.05, 4.69) is 9.71 Å². The third-order valence-electron chi connectivity index (χ3n) is 2.36. The third kappa shape index (κ3) is 2.74. The molecule has 100 valence electrons. The first kappa shape index (κ1) is 13.5. The van der Waals surface area contributed by atoms with Crippen LogP contribution in [0.2, 0.25) is 0 Å². The summed E-state index contributed by atoms with van der Waals surface area (Å²) in [5.41, 5.74) is 0.836. The van der Waals surface area contributed by atoms with E-state index < -0.39 is 16.0 Å². The van der Waals surface area contributed by atoms with Crippen LogP contribution >= 0.6 is 11.3 Å². The normalized spacial score (nSPS) is 11.2. The van der Waals surface area contributed by atoms with Gasteiger partial charge in [-0.05, 0) is 30.5 Å². The number of nitrogens with one attached hydrogen (secondary N) is 1. The summed E-state index contributed by atoms with van der Waals surface area (Å²) in [5, 5.41) is 10.4. The second-order valence-corrected chi connectivity index (χ2v) is 6.23. The summed E-state index contributed by atoms with van der Waals surface area (Å²) in [4.78, 5) is 14.5. The molecule has 2 heterocycles. The van der Waals surface area contributed by atoms with Gasteiger partial charge in [0.1, 0.15) is 9.77 Å². The third-order valence-corrected chi connectivity index (χ3v) is 4.80. The average molecular weight is 298 g/mol. The number of sulfonamides is 1. The molecule has 0 spiro atoms. The number of carboxylic acids is 1. The summed E-state index contributed by atoms with van der Waals surface area (Å²) < 4.78 is 26.6. The van der Waals surface area contributed by atoms with Crippen molar-refractivity contribution in [3.05, 3.63) is 40.3 Å². The van der Waals surface area contributed by atoms with Gasteiger partial charge in [-0.3, -0.25) is 9.71 Å². The lowest BCUT2D eigenvalue weighted by molar-refractivity contribution is 0.0698. The van der Waals surface area contributed by atoms with Crippen molar-refractivity contribution in [2.75, 3.05) is 4.72 Å². The van der Waals surface area contributed by atoms with Crippen molar-refractivity contribution in [1.29, 1.82) is 0 Å². The van der Waals surface area contributed by atoms with Crippen molar-refractivity contribution < 1.29 is 18.3 Å². The minimum absolute atomic E-state index is 0.214. The van der Waals surface area contributed by atoms with Gasteiger partial charge in [-0.15, -0.1) is 11.3 Å². The zero-order valence-corrected chi connectivity index (χ0v) is 11.5. The van der Waals surface area contributed by atoms with Gasteiger partial charge in [-0.25, -0.2) is 13.2 Å². The van der Waals surface area contributed by atoms with E-state index in [1.165, 1.54) is 11.4 Å². The van der Waals surface area contributed by atoms with Crippen LogP contribution in [0, 0.1) is 6.92 Å². The molecular formula is C11H10N2O4S2. The van der Waals surface area contributed by atoms with Crippen LogP contribution in [0.3, 0.4) is 0 Å². The minimum atomic E-state index is -3.93. The van der Waals surface area contributed by atoms with Gasteiger partial charge in [-0.1, -0.05) is 0 Å². The fourth-order valence-corrected chi connectivity index (χ4v) is 3.84. The Kier molecular flexibility index (Phi) is 3.54. The van der Waals surface area contributed by atoms with Crippen LogP contribution in [0.25, 0.3) is 0 Å². The van der Waals surface area contributed by atoms with E-state index in [1.54, 1.807) is 25.3 Å². The molecule has 19 heavy (non-hydrogen) atoms. The Morgan fingerprint density at radius 2 is 2.16 bits per heavy atom. The topological polar surface area (TPSA) is 96.4 Å². The molecule has 0 radical (unpaired) electrons. The van der Waals surface area contributed by atoms with E-state index >= 15 is 0 Å². The number of aromatic carboxylic acids is 1. The molecule has 0 fully saturated rings. The van der Waals surface area contributed by atoms with Crippen LogP contribution in [0.15, 0.2) is 34.7 Å². The zero-order valence-electron chi connectivity index (χ0n) is 9.82. The Labute approximate surface area is 113 Å². The zero-order chi connectivity index (χ0) is 14.0. The molecule has 0 aliphatic heterocycles. The van der Waals surface area contributed by atoms with Crippen molar-refractivity contribution >= 4 is 33.0 Å². The van der Waals surface area contributed by atoms with Crippen LogP contribution in [0.4, 0.5) is 5.69 Å². The molecule has 2 rings (SSSR count). The van der Waals surface area contributed by atoms with Crippen molar-refractivity contribution in [1.82, 2.24) is 4.98 Å². The fraction of sp³-hybridized carbons (Fsp3) is 0.0909. The number of aryl methyl sites for hydroxylation is 1. The van der Waals surface area contributed by atoms with Crippen LogP contribution in [0.5, 0.6) is 0 Å². The van der Waals surface area contributed by atoms with E-state index in [-0.39, 0.29) is 9.77 Å². The Hall–Kier alpha value is -1.93. The van der Waals surface area contributed by atoms with E-state index in [0.717, 1.165) is 11.3 Å². The summed E-state index contributed by atoms with van der Waals surface area (Å²) in [6.07, 6.45) is 1.54. The smallest absolute Gasteiger partial charge is 0.347 e. The van der Waals surface area contributed by atoms with E-state index in [0.29, 0.717) is 11.4 Å². The molecule has 0 aliphatic rings. The maximum Gasteiger partial charge on any atom is 0.347 e. The first-order valence-electron chi connectivity index (χ1n) is 5.17. The quantitative estimate of drug-likeness (QED) is 0.899. The predicted molar refractivity (Wildman–Crippen MR) is 71.1 cm³/mol. The highest BCUT2D eigenvalue weighted by molar-refractivity contribution is 7.93. The number of aromatic nitrogens is 1. The molecule has 0 atom stereocenters. The molecule has 8 heteroatoms. The Morgan fingerprint density at radius 1 is 1.42 bits per heavy atom. The Balaban J connectivity index is 2.41. The SMILES string of the molecule is Cc1ncccc1NS(=O)(=O)c1ccsc1C(=O)O. The van der Waals surface area contributed by atoms with Crippen LogP contribution in [-0.4, -0.2) is 24.5 Å². The van der Waals surface area contributed by atoms with E-state index in [1.807, 2.05) is 0 Å². The lowest BCUT2D eigenvalue weighted by atomic mass is 10.3. The van der Waals surface area contributed by atoms with Crippen LogP contribution in [0.1, 0.15) is 15.4 Å². The molecule has 0 saturated heterocycles. The number of rotatable bonds is 4. The highest BCUT2D eigenvalue weighted by Gasteiger charge is 2.24. The average Bonchev–Trinajstić information content (AvgIpc) is 2.82. The number of thiophene rings is 1. The van der Waals surface area contributed by atoms with Crippen molar-refractivity contribution in [2.24, 2.45) is 0 Å². The Morgan fingerprint density at radius 3 is 2.79 bits per heavy atom. The molecule has 0 saturated carbocycles. The number of nitrogens with zero attached hydrogens (tertiary/aromatic N) is 1. The highest BCUT2D eigenvalue weighted by Crippen LogP contribution is 2.24. The van der Waals surface area contributed by atoms with Crippen molar-refractivity contribution in [2.45, 2.75) is 11.8 Å². The highest BCUT2D eigenvalue weighted by atomic mass is 32.2. The maximum atomic E-state index is 12.1. The predicted octanol–water partition coefficient (Wildman–Crippen LogP) is 1.95. The van der Waals surface area contributed by atoms with Crippen LogP contribution in [-0.2, 0) is 10.0 Å². The summed E-state index contributed by atoms with van der Waals surface area (Å²) >= 11 is 0.865. The maximum absolute atomic E-state index is 12.1. The monoisotopic (exact) mass is 298 g/mol. The second kappa shape index (κ2) is 4.98. The molecule has 6 nitrogen and oxygen atoms in total. The second-order valence-electron chi connectivity index (χ2n) is 3.66. The van der Waals surface area contributed by atoms with E-state index in [9.17, 15) is 13.2 Å². The first-order valence-corrected chi connectivity index (χ1v) is 7.53. The van der Waals surface area contributed by atoms with Gasteiger partial charge in [0.25, 0.3) is 10.0 Å². The first-order chi connectivity index (χ1) is 8.92. The van der Waals surface area contributed by atoms with Gasteiger partial charge >= 0.3 is 5.97 Å². The van der Waals surface area contributed by atoms with Gasteiger partial charge in [0.2, 0.25) is 0 Å². The summed E-state index contributed by atoms with van der Waals surface area (Å²) in [6, 6.07) is 4.42. The number of anilines is 1. The van der Waals surface area contributed by atoms with Gasteiger partial charge in [-0.2, -0.15) is 0 Å². The molecule has 0 aromatic carbocycles. The minimum Gasteiger partial charge on any atom is -0.477 e. The molecule has 0 bridgehead atoms. The van der Waals surface area contributed by atoms with Gasteiger partial charge in [0.15, 0.2) is 0 Å². The lowest BCUT2D eigenvalue weighted by Crippen LogP contribution is -2.16. The summed E-state index contributed by atoms with van der Waals surface area (Å²) in [7, 11) is -3.93. The van der Waals surface area contributed by atoms with E-state index in [4.69, 9.17) is 5.11 Å². The van der Waals surface area contributed by atoms with Crippen LogP contribution < -0.4 is 4.72 Å². The molecule has 2 N–H and O–H groups in total. The van der Waals surface area contributed by atoms with Gasteiger partial charge in [0.05, 0.1) is 11.4 Å². The van der Waals surface area contributed by atoms with Crippen molar-refractivity contribution in [3.63, 3.8) is 0 Å². The number of carbonyl (C=O) groups is 1. The molecule has 0 amide bonds. The largest absolute Gasteiger partial charge is 0.477 e. The standard InChI is InChI=1S/C11H10N2O4S2/c1-7-8(3-2-5-12-7)13-19(16,17)9-4-6-18-10(9)11(14)15/h2-6,13H,1H3,(H,14,15). The number of hydrogen-bond donors (Lipinski definition) is 2. The van der Waals surface area contributed by atoms with Gasteiger partial charge in [0, 0.05) is 6.20 Å². The van der Waals surface area contributed by atoms with Gasteiger partial charge < -0.3 is 5.11 Å². The van der Waals surface area contributed by atoms with Crippen molar-refractivity contribution in [3.8, 4) is 0 Å². The molecular weight excluding hydrogens is 288 g/mol. The summed E-state index contributed by atoms with van der Waals surface area (Å²) in [6.45, 7) is 1.66. The number of carboxylic acid groups (broad SMARTS) is 1. The lowest BCUT2D eigenvalue weighted by Gasteiger charge is -2.09. The molecule has 0 aliphatic carbocycles. The Bertz CT molecular complexity index is 722. The number of pyridine rings is 1. The summed E-state index contributed by atoms with van der Waals surface area (Å²) in [5.74, 6) is -1.27. The molecule has 0 unspecified atom stereocenters. The molecule has 2 aromatic rings. The number of hydrogen-bond acceptors (Lipinski definition) is 5. The fourth-order valence-electron chi connectivity index (χ4n) is 1.46. The molecule has 2 aromatic heterocycles.